The van der Waals surface area contributed by atoms with Gasteiger partial charge in [-0.25, -0.2) is 9.37 Å². The van der Waals surface area contributed by atoms with Gasteiger partial charge in [-0.3, -0.25) is 0 Å². The van der Waals surface area contributed by atoms with Gasteiger partial charge >= 0.3 is 0 Å². The molecule has 0 spiro atoms. The molecule has 0 aliphatic rings. The van der Waals surface area contributed by atoms with Crippen LogP contribution in [0.2, 0.25) is 5.15 Å². The van der Waals surface area contributed by atoms with Crippen molar-refractivity contribution in [2.24, 2.45) is 0 Å². The molecule has 0 aliphatic heterocycles. The van der Waals surface area contributed by atoms with Gasteiger partial charge in [0.1, 0.15) is 0 Å². The summed E-state index contributed by atoms with van der Waals surface area (Å²) >= 11 is 9.27. The predicted octanol–water partition coefficient (Wildman–Crippen LogP) is 4.26. The maximum absolute atomic E-state index is 13.5. The minimum atomic E-state index is -0.389. The summed E-state index contributed by atoms with van der Waals surface area (Å²) in [5.74, 6) is -0.161. The van der Waals surface area contributed by atoms with Crippen LogP contribution in [0.15, 0.2) is 34.9 Å². The monoisotopic (exact) mass is 344 g/mol. The molecule has 19 heavy (non-hydrogen) atoms. The minimum absolute atomic E-state index is 0.228. The van der Waals surface area contributed by atoms with Gasteiger partial charge in [-0.15, -0.1) is 0 Å². The highest BCUT2D eigenvalue weighted by Gasteiger charge is 2.05. The summed E-state index contributed by atoms with van der Waals surface area (Å²) in [7, 11) is 1.43. The first-order valence-corrected chi connectivity index (χ1v) is 6.64. The molecule has 0 atom stereocenters. The van der Waals surface area contributed by atoms with E-state index in [1.54, 1.807) is 18.3 Å². The number of halogens is 3. The highest BCUT2D eigenvalue weighted by atomic mass is 79.9. The van der Waals surface area contributed by atoms with Crippen LogP contribution in [0, 0.1) is 5.82 Å². The minimum Gasteiger partial charge on any atom is -0.494 e. The number of hydrogen-bond donors (Lipinski definition) is 1. The average molecular weight is 346 g/mol. The van der Waals surface area contributed by atoms with E-state index in [9.17, 15) is 4.39 Å². The average Bonchev–Trinajstić information content (AvgIpc) is 2.40. The molecule has 0 unspecified atom stereocenters. The molecule has 100 valence electrons. The van der Waals surface area contributed by atoms with Crippen LogP contribution in [0.3, 0.4) is 0 Å². The molecule has 0 fully saturated rings. The van der Waals surface area contributed by atoms with E-state index in [1.807, 2.05) is 6.07 Å². The highest BCUT2D eigenvalue weighted by molar-refractivity contribution is 9.10. The molecule has 0 radical (unpaired) electrons. The smallest absolute Gasteiger partial charge is 0.165 e. The van der Waals surface area contributed by atoms with Crippen molar-refractivity contribution in [3.05, 3.63) is 51.5 Å². The first-order chi connectivity index (χ1) is 9.10. The lowest BCUT2D eigenvalue weighted by molar-refractivity contribution is 0.386. The third-order valence-electron chi connectivity index (χ3n) is 2.50. The molecule has 1 aromatic heterocycles. The van der Waals surface area contributed by atoms with Crippen molar-refractivity contribution in [1.82, 2.24) is 4.98 Å². The Morgan fingerprint density at radius 2 is 2.21 bits per heavy atom. The summed E-state index contributed by atoms with van der Waals surface area (Å²) < 4.78 is 19.2. The fraction of sp³-hybridized carbons (Fsp3) is 0.154. The topological polar surface area (TPSA) is 34.1 Å². The number of ether oxygens (including phenoxy) is 1. The Kier molecular flexibility index (Phi) is 4.61. The fourth-order valence-corrected chi connectivity index (χ4v) is 2.07. The van der Waals surface area contributed by atoms with Crippen molar-refractivity contribution < 1.29 is 9.13 Å². The summed E-state index contributed by atoms with van der Waals surface area (Å²) in [6, 6.07) is 6.61. The van der Waals surface area contributed by atoms with Crippen LogP contribution in [-0.2, 0) is 6.54 Å². The largest absolute Gasteiger partial charge is 0.494 e. The van der Waals surface area contributed by atoms with E-state index in [0.29, 0.717) is 17.4 Å². The second-order valence-electron chi connectivity index (χ2n) is 3.81. The van der Waals surface area contributed by atoms with Gasteiger partial charge in [-0.1, -0.05) is 17.7 Å². The molecule has 3 nitrogen and oxygen atoms in total. The summed E-state index contributed by atoms with van der Waals surface area (Å²) in [4.78, 5) is 4.00. The van der Waals surface area contributed by atoms with E-state index in [2.05, 4.69) is 26.2 Å². The van der Waals surface area contributed by atoms with E-state index >= 15 is 0 Å². The summed E-state index contributed by atoms with van der Waals surface area (Å²) in [5, 5.41) is 3.48. The number of methoxy groups -OCH3 is 1. The Balaban J connectivity index is 2.10. The number of pyridine rings is 1. The van der Waals surface area contributed by atoms with Crippen LogP contribution in [-0.4, -0.2) is 12.1 Å². The van der Waals surface area contributed by atoms with Crippen molar-refractivity contribution in [3.8, 4) is 5.75 Å². The summed E-state index contributed by atoms with van der Waals surface area (Å²) in [6.07, 6.45) is 1.61. The molecule has 0 saturated heterocycles. The molecule has 6 heteroatoms. The first-order valence-electron chi connectivity index (χ1n) is 5.47. The van der Waals surface area contributed by atoms with Gasteiger partial charge in [0.15, 0.2) is 16.7 Å². The number of nitrogens with zero attached hydrogens (tertiary/aromatic N) is 1. The Morgan fingerprint density at radius 1 is 1.42 bits per heavy atom. The van der Waals surface area contributed by atoms with Gasteiger partial charge in [0.25, 0.3) is 0 Å². The number of nitrogens with one attached hydrogen (secondary N) is 1. The van der Waals surface area contributed by atoms with Gasteiger partial charge in [0, 0.05) is 17.2 Å². The molecule has 0 saturated carbocycles. The molecule has 1 aromatic carbocycles. The fourth-order valence-electron chi connectivity index (χ4n) is 1.56. The van der Waals surface area contributed by atoms with Crippen LogP contribution >= 0.6 is 27.5 Å². The Bertz CT molecular complexity index is 595. The molecule has 2 rings (SSSR count). The number of benzene rings is 1. The number of hydrogen-bond acceptors (Lipinski definition) is 3. The maximum atomic E-state index is 13.5. The quantitative estimate of drug-likeness (QED) is 0.841. The van der Waals surface area contributed by atoms with Crippen molar-refractivity contribution in [2.75, 3.05) is 12.4 Å². The van der Waals surface area contributed by atoms with E-state index < -0.39 is 0 Å². The third-order valence-corrected chi connectivity index (χ3v) is 3.24. The van der Waals surface area contributed by atoms with Gasteiger partial charge in [0.2, 0.25) is 0 Å². The van der Waals surface area contributed by atoms with E-state index in [4.69, 9.17) is 16.3 Å². The zero-order valence-corrected chi connectivity index (χ0v) is 12.4. The zero-order valence-electron chi connectivity index (χ0n) is 10.1. The molecule has 1 heterocycles. The third kappa shape index (κ3) is 3.58. The molecule has 0 amide bonds. The number of rotatable bonds is 4. The molecular weight excluding hydrogens is 335 g/mol. The van der Waals surface area contributed by atoms with Crippen LogP contribution in [0.4, 0.5) is 10.1 Å². The Hall–Kier alpha value is -1.33. The summed E-state index contributed by atoms with van der Waals surface area (Å²) in [6.45, 7) is 0.443. The second kappa shape index (κ2) is 6.21. The Morgan fingerprint density at radius 3 is 2.89 bits per heavy atom. The van der Waals surface area contributed by atoms with Gasteiger partial charge in [-0.05, 0) is 39.7 Å². The standard InChI is InChI=1S/C13H11BrClFN2O/c1-19-12-3-2-8(4-10(12)16)6-17-11-5-9(14)7-18-13(11)15/h2-5,7,17H,6H2,1H3. The van der Waals surface area contributed by atoms with Crippen molar-refractivity contribution in [2.45, 2.75) is 6.54 Å². The molecule has 1 N–H and O–H groups in total. The maximum Gasteiger partial charge on any atom is 0.165 e. The van der Waals surface area contributed by atoms with Crippen LogP contribution in [0.5, 0.6) is 5.75 Å². The number of anilines is 1. The van der Waals surface area contributed by atoms with Crippen LogP contribution < -0.4 is 10.1 Å². The van der Waals surface area contributed by atoms with E-state index in [-0.39, 0.29) is 11.6 Å². The van der Waals surface area contributed by atoms with Crippen LogP contribution in [0.1, 0.15) is 5.56 Å². The normalized spacial score (nSPS) is 10.3. The van der Waals surface area contributed by atoms with Gasteiger partial charge < -0.3 is 10.1 Å². The van der Waals surface area contributed by atoms with Gasteiger partial charge in [0.05, 0.1) is 12.8 Å². The lowest BCUT2D eigenvalue weighted by Gasteiger charge is -2.09. The van der Waals surface area contributed by atoms with Crippen molar-refractivity contribution in [1.29, 1.82) is 0 Å². The lowest BCUT2D eigenvalue weighted by atomic mass is 10.2. The zero-order chi connectivity index (χ0) is 13.8. The predicted molar refractivity (Wildman–Crippen MR) is 77.2 cm³/mol. The van der Waals surface area contributed by atoms with Crippen LogP contribution in [0.25, 0.3) is 0 Å². The lowest BCUT2D eigenvalue weighted by Crippen LogP contribution is -2.01. The Labute approximate surface area is 123 Å². The van der Waals surface area contributed by atoms with Gasteiger partial charge in [-0.2, -0.15) is 0 Å². The van der Waals surface area contributed by atoms with E-state index in [0.717, 1.165) is 10.0 Å². The molecular formula is C13H11BrClFN2O. The summed E-state index contributed by atoms with van der Waals surface area (Å²) in [5.41, 5.74) is 1.47. The van der Waals surface area contributed by atoms with Crippen molar-refractivity contribution >= 4 is 33.2 Å². The molecule has 0 aliphatic carbocycles. The van der Waals surface area contributed by atoms with Crippen molar-refractivity contribution in [3.63, 3.8) is 0 Å². The first kappa shape index (κ1) is 14.1. The highest BCUT2D eigenvalue weighted by Crippen LogP contribution is 2.24. The van der Waals surface area contributed by atoms with E-state index in [1.165, 1.54) is 13.2 Å². The number of aromatic nitrogens is 1. The second-order valence-corrected chi connectivity index (χ2v) is 5.09. The SMILES string of the molecule is COc1ccc(CNc2cc(Br)cnc2Cl)cc1F. The molecule has 2 aromatic rings. The molecule has 0 bridgehead atoms.